The van der Waals surface area contributed by atoms with E-state index in [9.17, 15) is 4.79 Å². The zero-order valence-corrected chi connectivity index (χ0v) is 12.9. The van der Waals surface area contributed by atoms with E-state index in [0.29, 0.717) is 11.2 Å². The van der Waals surface area contributed by atoms with Crippen LogP contribution in [0.3, 0.4) is 0 Å². The predicted octanol–water partition coefficient (Wildman–Crippen LogP) is 4.90. The van der Waals surface area contributed by atoms with Crippen LogP contribution in [0, 0.1) is 0 Å². The summed E-state index contributed by atoms with van der Waals surface area (Å²) in [7, 11) is 0. The Kier molecular flexibility index (Phi) is 7.12. The van der Waals surface area contributed by atoms with Crippen LogP contribution >= 0.6 is 15.9 Å². The number of hydrogen-bond acceptors (Lipinski definition) is 1. The van der Waals surface area contributed by atoms with E-state index in [0.717, 1.165) is 11.1 Å². The van der Waals surface area contributed by atoms with Gasteiger partial charge in [-0.2, -0.15) is 0 Å². The largest absolute Gasteiger partial charge is 0.294 e. The Morgan fingerprint density at radius 3 is 1.84 bits per heavy atom. The molecule has 0 heterocycles. The Balaban J connectivity index is 0.000000399. The first-order valence-electron chi connectivity index (χ1n) is 6.36. The highest BCUT2D eigenvalue weighted by Crippen LogP contribution is 2.06. The standard InChI is InChI=1S/C14H12O.C3H7Br/c15-14(13-9-5-2-6-10-13)11-12-7-3-1-4-8-12;1-3(2)4/h1-10H,11H2;3H,1-2H3. The molecule has 0 bridgehead atoms. The molecule has 0 N–H and O–H groups in total. The van der Waals surface area contributed by atoms with Crippen molar-refractivity contribution < 1.29 is 4.79 Å². The van der Waals surface area contributed by atoms with Crippen LogP contribution in [0.5, 0.6) is 0 Å². The molecule has 0 atom stereocenters. The maximum Gasteiger partial charge on any atom is 0.167 e. The lowest BCUT2D eigenvalue weighted by Crippen LogP contribution is -2.02. The van der Waals surface area contributed by atoms with E-state index in [4.69, 9.17) is 0 Å². The average molecular weight is 319 g/mol. The molecule has 0 saturated heterocycles. The van der Waals surface area contributed by atoms with Crippen molar-refractivity contribution >= 4 is 21.7 Å². The van der Waals surface area contributed by atoms with Gasteiger partial charge in [0.15, 0.2) is 5.78 Å². The van der Waals surface area contributed by atoms with Gasteiger partial charge in [-0.3, -0.25) is 4.79 Å². The smallest absolute Gasteiger partial charge is 0.167 e. The number of alkyl halides is 1. The van der Waals surface area contributed by atoms with Gasteiger partial charge in [0.25, 0.3) is 0 Å². The summed E-state index contributed by atoms with van der Waals surface area (Å²) in [5.41, 5.74) is 1.84. The maximum atomic E-state index is 11.8. The van der Waals surface area contributed by atoms with Gasteiger partial charge in [0.1, 0.15) is 0 Å². The van der Waals surface area contributed by atoms with Crippen molar-refractivity contribution in [2.45, 2.75) is 25.1 Å². The van der Waals surface area contributed by atoms with Gasteiger partial charge < -0.3 is 0 Å². The molecule has 19 heavy (non-hydrogen) atoms. The van der Waals surface area contributed by atoms with Gasteiger partial charge in [-0.15, -0.1) is 0 Å². The van der Waals surface area contributed by atoms with Crippen molar-refractivity contribution in [2.75, 3.05) is 0 Å². The molecule has 0 radical (unpaired) electrons. The summed E-state index contributed by atoms with van der Waals surface area (Å²) in [6, 6.07) is 19.2. The van der Waals surface area contributed by atoms with Crippen LogP contribution in [0.4, 0.5) is 0 Å². The van der Waals surface area contributed by atoms with Crippen LogP contribution in [0.15, 0.2) is 60.7 Å². The molecule has 2 aromatic carbocycles. The van der Waals surface area contributed by atoms with E-state index in [1.807, 2.05) is 60.7 Å². The average Bonchev–Trinajstić information content (AvgIpc) is 2.40. The summed E-state index contributed by atoms with van der Waals surface area (Å²) in [5.74, 6) is 0.168. The molecule has 0 aliphatic heterocycles. The molecule has 2 rings (SSSR count). The summed E-state index contributed by atoms with van der Waals surface area (Å²) < 4.78 is 0. The highest BCUT2D eigenvalue weighted by atomic mass is 79.9. The molecule has 0 spiro atoms. The zero-order valence-electron chi connectivity index (χ0n) is 11.3. The molecule has 0 unspecified atom stereocenters. The number of carbonyl (C=O) groups is 1. The van der Waals surface area contributed by atoms with Crippen LogP contribution in [0.25, 0.3) is 0 Å². The van der Waals surface area contributed by atoms with Gasteiger partial charge in [-0.25, -0.2) is 0 Å². The zero-order chi connectivity index (χ0) is 14.1. The van der Waals surface area contributed by atoms with Crippen LogP contribution < -0.4 is 0 Å². The fourth-order valence-corrected chi connectivity index (χ4v) is 1.51. The molecule has 0 aliphatic carbocycles. The molecule has 0 amide bonds. The maximum absolute atomic E-state index is 11.8. The van der Waals surface area contributed by atoms with Gasteiger partial charge in [-0.05, 0) is 5.56 Å². The summed E-state index contributed by atoms with van der Waals surface area (Å²) in [6.07, 6.45) is 0.477. The Morgan fingerprint density at radius 1 is 0.947 bits per heavy atom. The Labute approximate surface area is 123 Å². The Morgan fingerprint density at radius 2 is 1.37 bits per heavy atom. The molecule has 100 valence electrons. The van der Waals surface area contributed by atoms with Crippen molar-refractivity contribution in [1.29, 1.82) is 0 Å². The normalized spacial score (nSPS) is 9.68. The van der Waals surface area contributed by atoms with Crippen molar-refractivity contribution in [1.82, 2.24) is 0 Å². The fourth-order valence-electron chi connectivity index (χ4n) is 1.51. The second-order valence-corrected chi connectivity index (χ2v) is 6.30. The van der Waals surface area contributed by atoms with Crippen molar-refractivity contribution in [3.8, 4) is 0 Å². The molecule has 0 aromatic heterocycles. The minimum absolute atomic E-state index is 0.168. The topological polar surface area (TPSA) is 17.1 Å². The molecular formula is C17H19BrO. The van der Waals surface area contributed by atoms with E-state index < -0.39 is 0 Å². The molecule has 0 saturated carbocycles. The van der Waals surface area contributed by atoms with E-state index in [1.165, 1.54) is 0 Å². The fraction of sp³-hybridized carbons (Fsp3) is 0.235. The van der Waals surface area contributed by atoms with Crippen LogP contribution in [-0.4, -0.2) is 10.6 Å². The first-order valence-corrected chi connectivity index (χ1v) is 7.27. The third-order valence-corrected chi connectivity index (χ3v) is 2.30. The number of ketones is 1. The lowest BCUT2D eigenvalue weighted by atomic mass is 10.0. The van der Waals surface area contributed by atoms with Crippen molar-refractivity contribution in [3.05, 3.63) is 71.8 Å². The van der Waals surface area contributed by atoms with Crippen LogP contribution in [0.1, 0.15) is 29.8 Å². The summed E-state index contributed by atoms with van der Waals surface area (Å²) in [6.45, 7) is 4.17. The highest BCUT2D eigenvalue weighted by molar-refractivity contribution is 9.09. The van der Waals surface area contributed by atoms with Gasteiger partial charge in [-0.1, -0.05) is 90.4 Å². The first-order chi connectivity index (χ1) is 9.09. The van der Waals surface area contributed by atoms with Gasteiger partial charge in [0.2, 0.25) is 0 Å². The monoisotopic (exact) mass is 318 g/mol. The third-order valence-electron chi connectivity index (χ3n) is 2.30. The quantitative estimate of drug-likeness (QED) is 0.581. The molecular weight excluding hydrogens is 300 g/mol. The van der Waals surface area contributed by atoms with Gasteiger partial charge in [0, 0.05) is 16.8 Å². The number of Topliss-reactive ketones (excluding diaryl/α,β-unsaturated/α-hetero) is 1. The van der Waals surface area contributed by atoms with E-state index >= 15 is 0 Å². The molecule has 0 aliphatic rings. The summed E-state index contributed by atoms with van der Waals surface area (Å²) in [5, 5.41) is 0. The highest BCUT2D eigenvalue weighted by Gasteiger charge is 2.05. The minimum Gasteiger partial charge on any atom is -0.294 e. The van der Waals surface area contributed by atoms with Gasteiger partial charge in [0.05, 0.1) is 0 Å². The SMILES string of the molecule is CC(C)Br.O=C(Cc1ccccc1)c1ccccc1. The van der Waals surface area contributed by atoms with E-state index in [1.54, 1.807) is 0 Å². The second-order valence-electron chi connectivity index (χ2n) is 4.47. The third kappa shape index (κ3) is 6.92. The lowest BCUT2D eigenvalue weighted by molar-refractivity contribution is 0.0993. The number of rotatable bonds is 3. The number of benzene rings is 2. The summed E-state index contributed by atoms with van der Waals surface area (Å²) >= 11 is 3.27. The number of carbonyl (C=O) groups excluding carboxylic acids is 1. The second kappa shape index (κ2) is 8.65. The molecule has 2 heteroatoms. The van der Waals surface area contributed by atoms with Crippen LogP contribution in [0.2, 0.25) is 0 Å². The number of hydrogen-bond donors (Lipinski definition) is 0. The Hall–Kier alpha value is -1.41. The molecule has 0 fully saturated rings. The van der Waals surface area contributed by atoms with Gasteiger partial charge >= 0.3 is 0 Å². The van der Waals surface area contributed by atoms with E-state index in [2.05, 4.69) is 29.8 Å². The van der Waals surface area contributed by atoms with E-state index in [-0.39, 0.29) is 5.78 Å². The van der Waals surface area contributed by atoms with Crippen molar-refractivity contribution in [3.63, 3.8) is 0 Å². The predicted molar refractivity (Wildman–Crippen MR) is 85.0 cm³/mol. The first kappa shape index (κ1) is 15.6. The lowest BCUT2D eigenvalue weighted by Gasteiger charge is -2.00. The molecule has 2 aromatic rings. The number of halogens is 1. The molecule has 1 nitrogen and oxygen atoms in total. The van der Waals surface area contributed by atoms with Crippen molar-refractivity contribution in [2.24, 2.45) is 0 Å². The minimum atomic E-state index is 0.168. The van der Waals surface area contributed by atoms with Crippen LogP contribution in [-0.2, 0) is 6.42 Å². The summed E-state index contributed by atoms with van der Waals surface area (Å²) in [4.78, 5) is 12.5. The Bertz CT molecular complexity index is 474.